The summed E-state index contributed by atoms with van der Waals surface area (Å²) in [4.78, 5) is 23.9. The Hall–Kier alpha value is -1.55. The van der Waals surface area contributed by atoms with Crippen molar-refractivity contribution in [3.63, 3.8) is 0 Å². The monoisotopic (exact) mass is 283 g/mol. The summed E-state index contributed by atoms with van der Waals surface area (Å²) >= 11 is 5.92. The van der Waals surface area contributed by atoms with Gasteiger partial charge in [0.15, 0.2) is 0 Å². The summed E-state index contributed by atoms with van der Waals surface area (Å²) in [5.41, 5.74) is 0.960. The van der Waals surface area contributed by atoms with Crippen LogP contribution in [0.25, 0.3) is 0 Å². The Balaban J connectivity index is 2.58. The first-order chi connectivity index (χ1) is 8.91. The fourth-order valence-corrected chi connectivity index (χ4v) is 1.97. The molecule has 104 valence electrons. The Morgan fingerprint density at radius 2 is 2.05 bits per heavy atom. The zero-order chi connectivity index (χ0) is 14.4. The van der Waals surface area contributed by atoms with E-state index >= 15 is 0 Å². The van der Waals surface area contributed by atoms with Crippen LogP contribution in [0.2, 0.25) is 5.02 Å². The molecule has 19 heavy (non-hydrogen) atoms. The van der Waals surface area contributed by atoms with E-state index in [9.17, 15) is 9.59 Å². The molecule has 1 atom stereocenters. The zero-order valence-electron chi connectivity index (χ0n) is 11.1. The summed E-state index contributed by atoms with van der Waals surface area (Å²) in [6, 6.07) is 7.28. The number of rotatable bonds is 6. The molecule has 0 heterocycles. The predicted molar refractivity (Wildman–Crippen MR) is 74.1 cm³/mol. The number of hydrogen-bond donors (Lipinski definition) is 1. The van der Waals surface area contributed by atoms with Crippen molar-refractivity contribution in [1.82, 2.24) is 4.90 Å². The van der Waals surface area contributed by atoms with E-state index in [1.54, 1.807) is 18.0 Å². The molecule has 0 spiro atoms. The number of aliphatic carboxylic acids is 1. The Kier molecular flexibility index (Phi) is 5.83. The number of carboxylic acid groups (broad SMARTS) is 1. The molecule has 1 unspecified atom stereocenters. The molecule has 1 N–H and O–H groups in total. The number of carbonyl (C=O) groups is 2. The number of nitrogens with zero attached hydrogens (tertiary/aromatic N) is 1. The molecule has 0 saturated heterocycles. The second-order valence-electron chi connectivity index (χ2n) is 4.48. The summed E-state index contributed by atoms with van der Waals surface area (Å²) in [5.74, 6) is -0.938. The first-order valence-electron chi connectivity index (χ1n) is 6.14. The van der Waals surface area contributed by atoms with E-state index in [4.69, 9.17) is 16.7 Å². The summed E-state index contributed by atoms with van der Waals surface area (Å²) in [5, 5.41) is 9.18. The van der Waals surface area contributed by atoms with Crippen LogP contribution in [0.1, 0.15) is 37.8 Å². The maximum absolute atomic E-state index is 11.9. The number of hydrogen-bond acceptors (Lipinski definition) is 2. The Morgan fingerprint density at radius 1 is 1.37 bits per heavy atom. The van der Waals surface area contributed by atoms with Gasteiger partial charge in [0.05, 0.1) is 6.04 Å². The fraction of sp³-hybridized carbons (Fsp3) is 0.429. The van der Waals surface area contributed by atoms with Crippen molar-refractivity contribution in [3.05, 3.63) is 34.9 Å². The molecule has 1 rings (SSSR count). The Morgan fingerprint density at radius 3 is 2.63 bits per heavy atom. The molecule has 0 radical (unpaired) electrons. The van der Waals surface area contributed by atoms with Crippen LogP contribution in [0.3, 0.4) is 0 Å². The summed E-state index contributed by atoms with van der Waals surface area (Å²) in [6.45, 7) is 1.92. The van der Waals surface area contributed by atoms with Gasteiger partial charge in [0, 0.05) is 24.9 Å². The number of carbonyl (C=O) groups excluding carboxylic acids is 1. The maximum Gasteiger partial charge on any atom is 0.303 e. The van der Waals surface area contributed by atoms with Gasteiger partial charge in [-0.15, -0.1) is 0 Å². The lowest BCUT2D eigenvalue weighted by Crippen LogP contribution is -2.29. The average Bonchev–Trinajstić information content (AvgIpc) is 2.36. The van der Waals surface area contributed by atoms with Gasteiger partial charge >= 0.3 is 5.97 Å². The van der Waals surface area contributed by atoms with Gasteiger partial charge in [-0.25, -0.2) is 0 Å². The van der Waals surface area contributed by atoms with Crippen LogP contribution in [0.5, 0.6) is 0 Å². The van der Waals surface area contributed by atoms with Crippen LogP contribution >= 0.6 is 11.6 Å². The minimum absolute atomic E-state index is 0.0190. The zero-order valence-corrected chi connectivity index (χ0v) is 11.9. The second kappa shape index (κ2) is 7.14. The minimum Gasteiger partial charge on any atom is -0.481 e. The normalized spacial score (nSPS) is 11.9. The summed E-state index contributed by atoms with van der Waals surface area (Å²) in [7, 11) is 1.72. The Labute approximate surface area is 118 Å². The van der Waals surface area contributed by atoms with Crippen molar-refractivity contribution in [2.45, 2.75) is 32.2 Å². The lowest BCUT2D eigenvalue weighted by molar-refractivity contribution is -0.137. The quantitative estimate of drug-likeness (QED) is 0.873. The highest BCUT2D eigenvalue weighted by molar-refractivity contribution is 6.30. The van der Waals surface area contributed by atoms with Gasteiger partial charge in [-0.1, -0.05) is 23.7 Å². The van der Waals surface area contributed by atoms with Gasteiger partial charge in [0.25, 0.3) is 0 Å². The van der Waals surface area contributed by atoms with Gasteiger partial charge in [0.1, 0.15) is 0 Å². The van der Waals surface area contributed by atoms with Crippen LogP contribution in [-0.2, 0) is 9.59 Å². The highest BCUT2D eigenvalue weighted by Crippen LogP contribution is 2.22. The molecule has 0 aliphatic rings. The third-order valence-electron chi connectivity index (χ3n) is 3.09. The van der Waals surface area contributed by atoms with Crippen molar-refractivity contribution in [1.29, 1.82) is 0 Å². The molecule has 0 aromatic heterocycles. The molecule has 1 aromatic carbocycles. The molecular weight excluding hydrogens is 266 g/mol. The van der Waals surface area contributed by atoms with Crippen molar-refractivity contribution >= 4 is 23.5 Å². The third-order valence-corrected chi connectivity index (χ3v) is 3.32. The first kappa shape index (κ1) is 15.5. The van der Waals surface area contributed by atoms with Gasteiger partial charge in [-0.05, 0) is 31.0 Å². The molecule has 0 bridgehead atoms. The van der Waals surface area contributed by atoms with Crippen molar-refractivity contribution in [2.75, 3.05) is 7.05 Å². The highest BCUT2D eigenvalue weighted by Gasteiger charge is 2.17. The van der Waals surface area contributed by atoms with Crippen molar-refractivity contribution in [3.8, 4) is 0 Å². The molecule has 4 nitrogen and oxygen atoms in total. The molecule has 0 aliphatic heterocycles. The van der Waals surface area contributed by atoms with Crippen LogP contribution in [0.15, 0.2) is 24.3 Å². The highest BCUT2D eigenvalue weighted by atomic mass is 35.5. The van der Waals surface area contributed by atoms with E-state index in [1.165, 1.54) is 0 Å². The van der Waals surface area contributed by atoms with Crippen LogP contribution in [-0.4, -0.2) is 28.9 Å². The van der Waals surface area contributed by atoms with Gasteiger partial charge in [-0.3, -0.25) is 9.59 Å². The van der Waals surface area contributed by atoms with E-state index in [2.05, 4.69) is 0 Å². The second-order valence-corrected chi connectivity index (χ2v) is 4.92. The first-order valence-corrected chi connectivity index (χ1v) is 6.52. The smallest absolute Gasteiger partial charge is 0.303 e. The standard InChI is InChI=1S/C14H18ClNO3/c1-10(11-5-3-6-12(15)9-11)16(2)13(17)7-4-8-14(18)19/h3,5-6,9-10H,4,7-8H2,1-2H3,(H,18,19). The number of amides is 1. The summed E-state index contributed by atoms with van der Waals surface area (Å²) < 4.78 is 0. The third kappa shape index (κ3) is 4.91. The maximum atomic E-state index is 11.9. The largest absolute Gasteiger partial charge is 0.481 e. The van der Waals surface area contributed by atoms with E-state index in [0.717, 1.165) is 5.56 Å². The van der Waals surface area contributed by atoms with Crippen LogP contribution < -0.4 is 0 Å². The summed E-state index contributed by atoms with van der Waals surface area (Å²) in [6.07, 6.45) is 0.625. The Bertz CT molecular complexity index is 462. The number of halogens is 1. The molecule has 1 amide bonds. The van der Waals surface area contributed by atoms with E-state index in [-0.39, 0.29) is 24.8 Å². The van der Waals surface area contributed by atoms with E-state index in [1.807, 2.05) is 25.1 Å². The van der Waals surface area contributed by atoms with Crippen LogP contribution in [0.4, 0.5) is 0 Å². The number of carboxylic acids is 1. The van der Waals surface area contributed by atoms with Gasteiger partial charge < -0.3 is 10.0 Å². The van der Waals surface area contributed by atoms with Crippen molar-refractivity contribution < 1.29 is 14.7 Å². The van der Waals surface area contributed by atoms with E-state index < -0.39 is 5.97 Å². The van der Waals surface area contributed by atoms with Crippen LogP contribution in [0, 0.1) is 0 Å². The minimum atomic E-state index is -0.877. The molecule has 0 saturated carbocycles. The van der Waals surface area contributed by atoms with E-state index in [0.29, 0.717) is 11.4 Å². The molecule has 0 fully saturated rings. The lowest BCUT2D eigenvalue weighted by atomic mass is 10.1. The molecule has 1 aromatic rings. The number of benzene rings is 1. The average molecular weight is 284 g/mol. The topological polar surface area (TPSA) is 57.6 Å². The fourth-order valence-electron chi connectivity index (χ4n) is 1.77. The molecule has 0 aliphatic carbocycles. The lowest BCUT2D eigenvalue weighted by Gasteiger charge is -2.25. The van der Waals surface area contributed by atoms with Gasteiger partial charge in [0.2, 0.25) is 5.91 Å². The predicted octanol–water partition coefficient (Wildman–Crippen LogP) is 3.11. The van der Waals surface area contributed by atoms with Gasteiger partial charge in [-0.2, -0.15) is 0 Å². The SMILES string of the molecule is CC(c1cccc(Cl)c1)N(C)C(=O)CCCC(=O)O. The molecule has 5 heteroatoms. The molecular formula is C14H18ClNO3. The van der Waals surface area contributed by atoms with Crippen molar-refractivity contribution in [2.24, 2.45) is 0 Å².